The Bertz CT molecular complexity index is 3590. The normalized spacial score (nSPS) is 18.7. The number of aromatic nitrogens is 2. The smallest absolute Gasteiger partial charge is 0.336 e. The standard InChI is InChI=1S/C49H49N7O17S3/c57-41-6-3-13-54-45(59)11-18-52-37-23-43-35(21-33(37)28-7-14-50-15-8-28)47(31-4-1-2-5-32(31)49(62)63)36-22-34(29-9-16-51-17-10-29)38(24-44(36)73-43)53-19-12-46(60)55-40(27-76(70,71)72)42(58)20-30(25-74(64,65)66)48(61)56-39(41)26-75(67,68)69/h1-2,4-5,7-10,14-17,21-24,30,39-40,53H,3,6,11-13,18-20,25-27H2,(H,54,59)(H,55,60)(H,56,61)(H,62,63)(H,64,65,66)(H,67,68,69)(H,70,71,72). The zero-order valence-electron chi connectivity index (χ0n) is 39.9. The summed E-state index contributed by atoms with van der Waals surface area (Å²) in [5.74, 6) is -12.8. The number of hydrogen-bond donors (Lipinski definition) is 8. The molecular formula is C49H49N7O17S3. The molecule has 0 saturated heterocycles. The number of anilines is 1. The number of ether oxygens (including phenoxy) is 1. The Kier molecular flexibility index (Phi) is 17.5. The second kappa shape index (κ2) is 23.8. The summed E-state index contributed by atoms with van der Waals surface area (Å²) in [6.07, 6.45) is 3.57. The number of nitrogens with one attached hydrogen (secondary N) is 4. The summed E-state index contributed by atoms with van der Waals surface area (Å²) < 4.78 is 108. The zero-order chi connectivity index (χ0) is 55.0. The number of carboxylic acids is 1. The summed E-state index contributed by atoms with van der Waals surface area (Å²) in [4.78, 5) is 93.2. The lowest BCUT2D eigenvalue weighted by Crippen LogP contribution is -2.50. The number of rotatable bonds is 10. The Hall–Kier alpha value is -7.82. The van der Waals surface area contributed by atoms with Gasteiger partial charge in [0.2, 0.25) is 17.7 Å². The van der Waals surface area contributed by atoms with Gasteiger partial charge < -0.3 is 31.1 Å². The molecule has 0 fully saturated rings. The molecule has 2 aliphatic heterocycles. The first-order chi connectivity index (χ1) is 35.9. The average molecular weight is 1100 g/mol. The lowest BCUT2D eigenvalue weighted by Gasteiger charge is -2.25. The van der Waals surface area contributed by atoms with E-state index in [1.54, 1.807) is 79.1 Å². The van der Waals surface area contributed by atoms with Gasteiger partial charge in [-0.3, -0.25) is 52.6 Å². The molecule has 3 amide bonds. The van der Waals surface area contributed by atoms with Crippen molar-refractivity contribution in [2.24, 2.45) is 10.9 Å². The van der Waals surface area contributed by atoms with Crippen LogP contribution in [0.2, 0.25) is 0 Å². The van der Waals surface area contributed by atoms with Gasteiger partial charge in [0.25, 0.3) is 30.4 Å². The number of benzene rings is 3. The Morgan fingerprint density at radius 2 is 1.24 bits per heavy atom. The van der Waals surface area contributed by atoms with Crippen LogP contribution in [0.5, 0.6) is 11.5 Å². The van der Waals surface area contributed by atoms with E-state index in [0.29, 0.717) is 55.2 Å². The highest BCUT2D eigenvalue weighted by Gasteiger charge is 2.36. The molecule has 2 aliphatic rings. The minimum atomic E-state index is -5.15. The van der Waals surface area contributed by atoms with Gasteiger partial charge in [-0.25, -0.2) is 4.79 Å². The molecule has 0 aliphatic carbocycles. The molecule has 0 saturated carbocycles. The highest BCUT2D eigenvalue weighted by Crippen LogP contribution is 2.43. The van der Waals surface area contributed by atoms with Gasteiger partial charge in [-0.15, -0.1) is 0 Å². The van der Waals surface area contributed by atoms with Gasteiger partial charge in [-0.05, 0) is 65.6 Å². The third-order valence-electron chi connectivity index (χ3n) is 12.0. The van der Waals surface area contributed by atoms with Crippen LogP contribution in [-0.4, -0.2) is 138 Å². The van der Waals surface area contributed by atoms with Crippen molar-refractivity contribution >= 4 is 76.9 Å². The Balaban J connectivity index is 1.36. The molecule has 3 aromatic carbocycles. The lowest BCUT2D eigenvalue weighted by molar-refractivity contribution is -0.132. The summed E-state index contributed by atoms with van der Waals surface area (Å²) in [6.45, 7) is -0.491. The van der Waals surface area contributed by atoms with Gasteiger partial charge in [-0.2, -0.15) is 25.3 Å². The van der Waals surface area contributed by atoms with Crippen LogP contribution in [0.3, 0.4) is 0 Å². The van der Waals surface area contributed by atoms with Crippen molar-refractivity contribution in [3.8, 4) is 33.8 Å². The van der Waals surface area contributed by atoms with E-state index < -0.39 is 120 Å². The van der Waals surface area contributed by atoms with Crippen LogP contribution in [0.25, 0.3) is 27.8 Å². The van der Waals surface area contributed by atoms with Crippen LogP contribution in [0.1, 0.15) is 53.6 Å². The fraction of sp³-hybridized carbons (Fsp3) is 0.286. The van der Waals surface area contributed by atoms with E-state index in [2.05, 4.69) is 25.9 Å². The number of Topliss-reactive ketones (excluding diaryl/α,β-unsaturated/α-hetero) is 2. The number of ketones is 2. The molecule has 3 atom stereocenters. The minimum Gasteiger partial charge on any atom is -0.478 e. The molecule has 0 radical (unpaired) electrons. The van der Waals surface area contributed by atoms with Crippen molar-refractivity contribution in [3.05, 3.63) is 125 Å². The van der Waals surface area contributed by atoms with E-state index >= 15 is 0 Å². The summed E-state index contributed by atoms with van der Waals surface area (Å²) in [5, 5.41) is 21.2. The molecule has 400 valence electrons. The molecule has 24 nitrogen and oxygen atoms in total. The van der Waals surface area contributed by atoms with Crippen molar-refractivity contribution < 1.29 is 77.5 Å². The molecule has 8 N–H and O–H groups in total. The molecule has 0 spiro atoms. The first kappa shape index (κ1) is 55.9. The summed E-state index contributed by atoms with van der Waals surface area (Å²) >= 11 is 0. The maximum atomic E-state index is 13.7. The van der Waals surface area contributed by atoms with Gasteiger partial charge in [0.15, 0.2) is 11.6 Å². The van der Waals surface area contributed by atoms with Gasteiger partial charge in [0.05, 0.1) is 22.6 Å². The predicted octanol–water partition coefficient (Wildman–Crippen LogP) is 1.36. The molecule has 27 heteroatoms. The Morgan fingerprint density at radius 1 is 0.618 bits per heavy atom. The number of hydrogen-bond acceptors (Lipinski definition) is 17. The topological polar surface area (TPSA) is 381 Å². The third-order valence-corrected chi connectivity index (χ3v) is 14.3. The average Bonchev–Trinajstić information content (AvgIpc) is 3.35. The number of carbonyl (C=O) groups excluding carboxylic acids is 5. The number of carboxylic acid groups (broad SMARTS) is 1. The van der Waals surface area contributed by atoms with Gasteiger partial charge in [0.1, 0.15) is 35.1 Å². The first-order valence-corrected chi connectivity index (χ1v) is 28.0. The molecule has 7 rings (SSSR count). The van der Waals surface area contributed by atoms with Crippen LogP contribution < -0.4 is 36.6 Å². The second-order valence-electron chi connectivity index (χ2n) is 17.6. The number of aromatic carboxylic acids is 1. The van der Waals surface area contributed by atoms with E-state index in [0.717, 1.165) is 0 Å². The summed E-state index contributed by atoms with van der Waals surface area (Å²) in [7, 11) is -15.3. The summed E-state index contributed by atoms with van der Waals surface area (Å²) in [6, 6.07) is 15.8. The lowest BCUT2D eigenvalue weighted by atomic mass is 9.87. The van der Waals surface area contributed by atoms with Gasteiger partial charge in [0, 0.05) is 115 Å². The van der Waals surface area contributed by atoms with Crippen molar-refractivity contribution in [1.82, 2.24) is 25.9 Å². The van der Waals surface area contributed by atoms with E-state index in [1.165, 1.54) is 18.5 Å². The molecule has 76 heavy (non-hydrogen) atoms. The largest absolute Gasteiger partial charge is 0.478 e. The highest BCUT2D eigenvalue weighted by atomic mass is 32.2. The Morgan fingerprint density at radius 3 is 1.87 bits per heavy atom. The molecule has 5 aromatic rings. The minimum absolute atomic E-state index is 0.0392. The summed E-state index contributed by atoms with van der Waals surface area (Å²) in [5.41, 5.74) is 3.83. The number of pyridine rings is 2. The van der Waals surface area contributed by atoms with Crippen molar-refractivity contribution in [1.29, 1.82) is 0 Å². The van der Waals surface area contributed by atoms with E-state index in [4.69, 9.17) is 9.73 Å². The molecule has 4 heterocycles. The fourth-order valence-corrected chi connectivity index (χ4v) is 10.7. The van der Waals surface area contributed by atoms with E-state index in [-0.39, 0.29) is 49.5 Å². The zero-order valence-corrected chi connectivity index (χ0v) is 42.4. The third kappa shape index (κ3) is 14.9. The van der Waals surface area contributed by atoms with Gasteiger partial charge >= 0.3 is 5.97 Å². The maximum absolute atomic E-state index is 13.7. The van der Waals surface area contributed by atoms with Gasteiger partial charge in [-0.1, -0.05) is 18.2 Å². The van der Waals surface area contributed by atoms with E-state index in [9.17, 15) is 72.8 Å². The quantitative estimate of drug-likeness (QED) is 0.0898. The molecule has 4 bridgehead atoms. The van der Waals surface area contributed by atoms with Crippen molar-refractivity contribution in [3.63, 3.8) is 0 Å². The molecule has 3 unspecified atom stereocenters. The van der Waals surface area contributed by atoms with Crippen LogP contribution in [0.15, 0.2) is 103 Å². The van der Waals surface area contributed by atoms with Crippen LogP contribution in [-0.2, 0) is 54.3 Å². The van der Waals surface area contributed by atoms with Crippen LogP contribution in [0, 0.1) is 5.92 Å². The number of amides is 3. The number of carbonyl (C=O) groups is 6. The number of nitrogens with zero attached hydrogens (tertiary/aromatic N) is 3. The maximum Gasteiger partial charge on any atom is 0.336 e. The van der Waals surface area contributed by atoms with Crippen LogP contribution in [0.4, 0.5) is 5.69 Å². The Labute approximate surface area is 434 Å². The van der Waals surface area contributed by atoms with E-state index in [1.807, 2.05) is 5.32 Å². The van der Waals surface area contributed by atoms with Crippen molar-refractivity contribution in [2.75, 3.05) is 42.2 Å². The molecule has 2 aromatic heterocycles. The SMILES string of the molecule is O=C1CCN=c2cc3c(cc2-c2ccncc2)=C(c2ccccc2C(=O)O)c2cc(-c4ccncc4)c(cc2O3)NCCC(=O)NC(CS(=O)(=O)O)C(=O)CC(CS(=O)(=O)O)C(=O)NC(CS(=O)(=O)O)C(=O)CCCN1. The number of fused-ring (bicyclic) bond motifs is 2. The fourth-order valence-electron chi connectivity index (χ4n) is 8.58. The molecular weight excluding hydrogens is 1050 g/mol. The first-order valence-electron chi connectivity index (χ1n) is 23.2. The monoisotopic (exact) mass is 1100 g/mol. The highest BCUT2D eigenvalue weighted by molar-refractivity contribution is 7.86. The second-order valence-corrected chi connectivity index (χ2v) is 22.1. The predicted molar refractivity (Wildman–Crippen MR) is 271 cm³/mol. The van der Waals surface area contributed by atoms with Crippen LogP contribution >= 0.6 is 0 Å². The van der Waals surface area contributed by atoms with Crippen molar-refractivity contribution in [2.45, 2.75) is 44.2 Å².